The van der Waals surface area contributed by atoms with Crippen molar-refractivity contribution in [1.82, 2.24) is 9.91 Å². The average Bonchev–Trinajstić information content (AvgIpc) is 3.23. The highest BCUT2D eigenvalue weighted by atomic mass is 16.7. The van der Waals surface area contributed by atoms with Crippen LogP contribution in [-0.2, 0) is 47.6 Å². The second kappa shape index (κ2) is 14.9. The molecule has 0 spiro atoms. The van der Waals surface area contributed by atoms with E-state index in [1.54, 1.807) is 41.5 Å². The first-order valence-corrected chi connectivity index (χ1v) is 16.5. The van der Waals surface area contributed by atoms with Crippen molar-refractivity contribution < 1.29 is 52.4 Å². The summed E-state index contributed by atoms with van der Waals surface area (Å²) in [6.45, 7) is 14.7. The monoisotopic (exact) mass is 669 g/mol. The Morgan fingerprint density at radius 1 is 1.04 bits per heavy atom. The molecular weight excluding hydrogens is 614 g/mol. The van der Waals surface area contributed by atoms with Gasteiger partial charge in [0.15, 0.2) is 23.8 Å². The number of methoxy groups -OCH3 is 1. The lowest BCUT2D eigenvalue weighted by Crippen LogP contribution is -2.61. The highest BCUT2D eigenvalue weighted by Gasteiger charge is 2.60. The molecule has 268 valence electrons. The van der Waals surface area contributed by atoms with Crippen LogP contribution in [0.2, 0.25) is 0 Å². The van der Waals surface area contributed by atoms with Crippen LogP contribution in [0.4, 0.5) is 4.79 Å². The van der Waals surface area contributed by atoms with Crippen molar-refractivity contribution in [3.05, 3.63) is 0 Å². The Hall–Kier alpha value is -2.65. The number of esters is 2. The number of carbonyl (C=O) groups excluding carboxylic acids is 5. The number of rotatable bonds is 6. The third kappa shape index (κ3) is 7.66. The molecule has 0 bridgehead atoms. The minimum absolute atomic E-state index is 0.0887. The first-order chi connectivity index (χ1) is 21.7. The second-order valence-electron chi connectivity index (χ2n) is 14.2. The van der Waals surface area contributed by atoms with Crippen LogP contribution in [0.3, 0.4) is 0 Å². The fourth-order valence-corrected chi connectivity index (χ4v) is 7.71. The number of cyclic esters (lactones) is 1. The maximum atomic E-state index is 14.1. The Balaban J connectivity index is 2.15. The zero-order valence-electron chi connectivity index (χ0n) is 29.9. The van der Waals surface area contributed by atoms with Gasteiger partial charge in [-0.05, 0) is 61.1 Å². The summed E-state index contributed by atoms with van der Waals surface area (Å²) >= 11 is 0. The van der Waals surface area contributed by atoms with Gasteiger partial charge in [0.25, 0.3) is 0 Å². The minimum Gasteiger partial charge on any atom is -0.458 e. The SMILES string of the molecule is CC[C@@H]1OC(=O)[C@H](C)C(=O)[C@H](C)[C@@H](O[C@@H]2O[C@H](C)C[C@H](N(C)C)[C@H]2OC(C)=O)[C@](C)(OC)C[C@@H](C)C(=O)[C@@H](C)[C@H]2N(N)C(=O)O[C@]12C. The molecule has 1 amide bonds. The number of nitrogens with zero attached hydrogens (tertiary/aromatic N) is 2. The van der Waals surface area contributed by atoms with Crippen molar-refractivity contribution in [1.29, 1.82) is 0 Å². The van der Waals surface area contributed by atoms with E-state index < -0.39 is 89.3 Å². The number of amides is 1. The molecule has 3 aliphatic heterocycles. The Labute approximate surface area is 278 Å². The molecule has 0 aromatic rings. The van der Waals surface area contributed by atoms with Crippen molar-refractivity contribution in [2.24, 2.45) is 29.5 Å². The minimum atomic E-state index is -1.47. The molecule has 0 radical (unpaired) electrons. The predicted molar refractivity (Wildman–Crippen MR) is 168 cm³/mol. The topological polar surface area (TPSA) is 173 Å². The summed E-state index contributed by atoms with van der Waals surface area (Å²) in [5.74, 6) is 0.361. The van der Waals surface area contributed by atoms with E-state index in [1.807, 2.05) is 25.9 Å². The van der Waals surface area contributed by atoms with E-state index in [4.69, 9.17) is 34.3 Å². The van der Waals surface area contributed by atoms with Crippen molar-refractivity contribution in [2.45, 2.75) is 136 Å². The van der Waals surface area contributed by atoms with Crippen molar-refractivity contribution in [3.63, 3.8) is 0 Å². The molecule has 3 rings (SSSR count). The molecule has 0 aliphatic carbocycles. The number of ketones is 2. The maximum absolute atomic E-state index is 14.1. The van der Waals surface area contributed by atoms with Crippen LogP contribution in [0.1, 0.15) is 81.6 Å². The third-order valence-electron chi connectivity index (χ3n) is 10.4. The zero-order chi connectivity index (χ0) is 35.8. The van der Waals surface area contributed by atoms with Gasteiger partial charge in [0, 0.05) is 31.8 Å². The molecular formula is C33H55N3O11. The molecule has 3 saturated heterocycles. The Kier molecular flexibility index (Phi) is 12.3. The standard InChI is InChI=1S/C33H55N3O11/c1-13-23-33(9)27(36(34)31(41)47-33)18(4)24(38)16(2)15-32(8,42-12)28(19(5)25(39)20(6)29(40)45-23)46-30-26(44-21(7)37)22(35(10)11)14-17(3)43-30/h16-20,22-23,26-28,30H,13-15,34H2,1-12H3/t16-,17-,18-,19+,20-,22+,23+,26-,27-,28-,30+,32-,33-/m1/s1. The number of carbonyl (C=O) groups is 5. The summed E-state index contributed by atoms with van der Waals surface area (Å²) in [6.07, 6.45) is -4.30. The van der Waals surface area contributed by atoms with Crippen molar-refractivity contribution in [2.75, 3.05) is 21.2 Å². The number of fused-ring (bicyclic) bond motifs is 1. The number of hydrazine groups is 1. The van der Waals surface area contributed by atoms with Crippen LogP contribution in [0.15, 0.2) is 0 Å². The molecule has 3 aliphatic rings. The first-order valence-electron chi connectivity index (χ1n) is 16.5. The Morgan fingerprint density at radius 2 is 1.66 bits per heavy atom. The van der Waals surface area contributed by atoms with Gasteiger partial charge in [0.1, 0.15) is 23.8 Å². The molecule has 2 N–H and O–H groups in total. The highest BCUT2D eigenvalue weighted by Crippen LogP contribution is 2.42. The maximum Gasteiger partial charge on any atom is 0.425 e. The van der Waals surface area contributed by atoms with Gasteiger partial charge in [0.05, 0.1) is 23.9 Å². The zero-order valence-corrected chi connectivity index (χ0v) is 29.9. The third-order valence-corrected chi connectivity index (χ3v) is 10.4. The normalized spacial score (nSPS) is 42.4. The fourth-order valence-electron chi connectivity index (χ4n) is 7.71. The summed E-state index contributed by atoms with van der Waals surface area (Å²) in [6, 6.07) is -1.24. The summed E-state index contributed by atoms with van der Waals surface area (Å²) in [5.41, 5.74) is -2.76. The van der Waals surface area contributed by atoms with Gasteiger partial charge >= 0.3 is 18.0 Å². The number of ether oxygens (including phenoxy) is 6. The second-order valence-corrected chi connectivity index (χ2v) is 14.2. The van der Waals surface area contributed by atoms with E-state index in [0.717, 1.165) is 5.01 Å². The van der Waals surface area contributed by atoms with Crippen LogP contribution in [0.5, 0.6) is 0 Å². The lowest BCUT2D eigenvalue weighted by molar-refractivity contribution is -0.298. The van der Waals surface area contributed by atoms with E-state index in [1.165, 1.54) is 21.0 Å². The van der Waals surface area contributed by atoms with E-state index in [9.17, 15) is 24.0 Å². The van der Waals surface area contributed by atoms with Crippen LogP contribution < -0.4 is 5.84 Å². The van der Waals surface area contributed by atoms with Gasteiger partial charge in [-0.2, -0.15) is 0 Å². The van der Waals surface area contributed by atoms with Crippen molar-refractivity contribution >= 4 is 29.6 Å². The van der Waals surface area contributed by atoms with Gasteiger partial charge in [-0.3, -0.25) is 19.2 Å². The van der Waals surface area contributed by atoms with Gasteiger partial charge in [0.2, 0.25) is 0 Å². The largest absolute Gasteiger partial charge is 0.458 e. The number of hydrogen-bond donors (Lipinski definition) is 1. The lowest BCUT2D eigenvalue weighted by atomic mass is 9.73. The van der Waals surface area contributed by atoms with Gasteiger partial charge in [-0.25, -0.2) is 15.6 Å². The molecule has 3 heterocycles. The summed E-state index contributed by atoms with van der Waals surface area (Å²) in [4.78, 5) is 68.8. The van der Waals surface area contributed by atoms with Crippen LogP contribution in [-0.4, -0.2) is 115 Å². The Bertz CT molecular complexity index is 1200. The van der Waals surface area contributed by atoms with E-state index in [-0.39, 0.29) is 30.8 Å². The molecule has 0 aromatic heterocycles. The molecule has 13 atom stereocenters. The number of nitrogens with two attached hydrogens (primary N) is 1. The molecule has 0 saturated carbocycles. The number of Topliss-reactive ketones (excluding diaryl/α,β-unsaturated/α-hetero) is 2. The van der Waals surface area contributed by atoms with Crippen LogP contribution in [0, 0.1) is 23.7 Å². The molecule has 0 unspecified atom stereocenters. The van der Waals surface area contributed by atoms with E-state index in [2.05, 4.69) is 0 Å². The molecule has 14 nitrogen and oxygen atoms in total. The molecule has 14 heteroatoms. The molecule has 0 aromatic carbocycles. The quantitative estimate of drug-likeness (QED) is 0.144. The average molecular weight is 670 g/mol. The Morgan fingerprint density at radius 3 is 2.19 bits per heavy atom. The number of hydrogen-bond acceptors (Lipinski definition) is 13. The van der Waals surface area contributed by atoms with Gasteiger partial charge in [-0.15, -0.1) is 0 Å². The van der Waals surface area contributed by atoms with Crippen LogP contribution >= 0.6 is 0 Å². The fraction of sp³-hybridized carbons (Fsp3) is 0.848. The van der Waals surface area contributed by atoms with Crippen LogP contribution in [0.25, 0.3) is 0 Å². The molecule has 47 heavy (non-hydrogen) atoms. The predicted octanol–water partition coefficient (Wildman–Crippen LogP) is 2.63. The number of likely N-dealkylation sites (N-methyl/N-ethyl adjacent to an activating group) is 1. The highest BCUT2D eigenvalue weighted by molar-refractivity contribution is 6.00. The molecule has 3 fully saturated rings. The summed E-state index contributed by atoms with van der Waals surface area (Å²) < 4.78 is 36.3. The first kappa shape index (κ1) is 38.8. The van der Waals surface area contributed by atoms with E-state index in [0.29, 0.717) is 6.42 Å². The lowest BCUT2D eigenvalue weighted by Gasteiger charge is -2.47. The van der Waals surface area contributed by atoms with E-state index >= 15 is 0 Å². The summed E-state index contributed by atoms with van der Waals surface area (Å²) in [5, 5.41) is 0.883. The summed E-state index contributed by atoms with van der Waals surface area (Å²) in [7, 11) is 5.19. The van der Waals surface area contributed by atoms with Crippen molar-refractivity contribution in [3.8, 4) is 0 Å². The smallest absolute Gasteiger partial charge is 0.425 e. The van der Waals surface area contributed by atoms with Gasteiger partial charge in [-0.1, -0.05) is 27.7 Å². The van der Waals surface area contributed by atoms with Gasteiger partial charge < -0.3 is 33.3 Å².